The quantitative estimate of drug-likeness (QED) is 0.592. The summed E-state index contributed by atoms with van der Waals surface area (Å²) in [7, 11) is 0. The lowest BCUT2D eigenvalue weighted by Crippen LogP contribution is -2.39. The van der Waals surface area contributed by atoms with Crippen LogP contribution in [-0.2, 0) is 4.79 Å². The standard InChI is InChI=1S/C10H16N2O/c13-10(12-7-1-2-8-12)9-3-5-11-6-4-9/h1-2,9,11H,3-8H2. The minimum Gasteiger partial charge on any atom is -0.335 e. The highest BCUT2D eigenvalue weighted by atomic mass is 16.2. The number of carbonyl (C=O) groups excluding carboxylic acids is 1. The van der Waals surface area contributed by atoms with E-state index in [2.05, 4.69) is 17.5 Å². The molecule has 2 rings (SSSR count). The van der Waals surface area contributed by atoms with E-state index >= 15 is 0 Å². The van der Waals surface area contributed by atoms with Crippen molar-refractivity contribution in [3.8, 4) is 0 Å². The molecule has 3 heteroatoms. The lowest BCUT2D eigenvalue weighted by atomic mass is 9.97. The van der Waals surface area contributed by atoms with E-state index in [1.807, 2.05) is 4.90 Å². The van der Waals surface area contributed by atoms with Gasteiger partial charge < -0.3 is 10.2 Å². The molecule has 0 radical (unpaired) electrons. The van der Waals surface area contributed by atoms with Crippen LogP contribution in [0.4, 0.5) is 0 Å². The Bertz CT molecular complexity index is 211. The van der Waals surface area contributed by atoms with E-state index in [0.717, 1.165) is 39.0 Å². The third-order valence-electron chi connectivity index (χ3n) is 2.82. The van der Waals surface area contributed by atoms with Gasteiger partial charge in [0.25, 0.3) is 0 Å². The smallest absolute Gasteiger partial charge is 0.226 e. The second-order valence-corrected chi connectivity index (χ2v) is 3.74. The van der Waals surface area contributed by atoms with Crippen molar-refractivity contribution >= 4 is 5.91 Å². The molecule has 2 aliphatic rings. The Morgan fingerprint density at radius 1 is 1.23 bits per heavy atom. The molecule has 13 heavy (non-hydrogen) atoms. The molecule has 0 saturated carbocycles. The molecule has 2 aliphatic heterocycles. The van der Waals surface area contributed by atoms with Gasteiger partial charge in [0.15, 0.2) is 0 Å². The number of amides is 1. The highest BCUT2D eigenvalue weighted by Crippen LogP contribution is 2.16. The maximum absolute atomic E-state index is 11.9. The van der Waals surface area contributed by atoms with Crippen LogP contribution in [0.25, 0.3) is 0 Å². The summed E-state index contributed by atoms with van der Waals surface area (Å²) in [5.41, 5.74) is 0. The summed E-state index contributed by atoms with van der Waals surface area (Å²) >= 11 is 0. The zero-order valence-corrected chi connectivity index (χ0v) is 7.83. The summed E-state index contributed by atoms with van der Waals surface area (Å²) in [4.78, 5) is 13.8. The molecule has 0 spiro atoms. The van der Waals surface area contributed by atoms with Crippen LogP contribution in [0.2, 0.25) is 0 Å². The minimum absolute atomic E-state index is 0.279. The van der Waals surface area contributed by atoms with Gasteiger partial charge >= 0.3 is 0 Å². The third kappa shape index (κ3) is 1.91. The van der Waals surface area contributed by atoms with Crippen LogP contribution in [0.1, 0.15) is 12.8 Å². The largest absolute Gasteiger partial charge is 0.335 e. The monoisotopic (exact) mass is 180 g/mol. The molecule has 0 aromatic heterocycles. The van der Waals surface area contributed by atoms with Crippen molar-refractivity contribution in [2.75, 3.05) is 26.2 Å². The topological polar surface area (TPSA) is 32.3 Å². The maximum atomic E-state index is 11.9. The number of nitrogens with zero attached hydrogens (tertiary/aromatic N) is 1. The second-order valence-electron chi connectivity index (χ2n) is 3.74. The molecule has 72 valence electrons. The van der Waals surface area contributed by atoms with Crippen molar-refractivity contribution in [3.63, 3.8) is 0 Å². The van der Waals surface area contributed by atoms with Crippen LogP contribution in [0.3, 0.4) is 0 Å². The first-order chi connectivity index (χ1) is 6.38. The number of carbonyl (C=O) groups is 1. The highest BCUT2D eigenvalue weighted by molar-refractivity contribution is 5.79. The van der Waals surface area contributed by atoms with Gasteiger partial charge in [0, 0.05) is 19.0 Å². The van der Waals surface area contributed by atoms with Gasteiger partial charge in [-0.2, -0.15) is 0 Å². The SMILES string of the molecule is O=C(C1CCNCC1)N1CC=CC1. The van der Waals surface area contributed by atoms with E-state index in [1.165, 1.54) is 0 Å². The van der Waals surface area contributed by atoms with Crippen LogP contribution in [0, 0.1) is 5.92 Å². The lowest BCUT2D eigenvalue weighted by Gasteiger charge is -2.26. The molecule has 1 amide bonds. The Hall–Kier alpha value is -0.830. The maximum Gasteiger partial charge on any atom is 0.226 e. The Kier molecular flexibility index (Phi) is 2.64. The molecular formula is C10H16N2O. The van der Waals surface area contributed by atoms with Crippen LogP contribution >= 0.6 is 0 Å². The summed E-state index contributed by atoms with van der Waals surface area (Å²) in [6.07, 6.45) is 6.16. The third-order valence-corrected chi connectivity index (χ3v) is 2.82. The van der Waals surface area contributed by atoms with Gasteiger partial charge in [-0.3, -0.25) is 4.79 Å². The van der Waals surface area contributed by atoms with E-state index in [9.17, 15) is 4.79 Å². The number of rotatable bonds is 1. The van der Waals surface area contributed by atoms with Crippen molar-refractivity contribution in [1.29, 1.82) is 0 Å². The molecule has 0 aromatic rings. The Balaban J connectivity index is 1.88. The molecule has 0 aromatic carbocycles. The van der Waals surface area contributed by atoms with Gasteiger partial charge in [-0.1, -0.05) is 12.2 Å². The number of hydrogen-bond donors (Lipinski definition) is 1. The van der Waals surface area contributed by atoms with Crippen LogP contribution in [-0.4, -0.2) is 37.0 Å². The molecule has 0 aliphatic carbocycles. The molecule has 2 heterocycles. The lowest BCUT2D eigenvalue weighted by molar-refractivity contribution is -0.134. The zero-order valence-electron chi connectivity index (χ0n) is 7.83. The van der Waals surface area contributed by atoms with Gasteiger partial charge in [0.1, 0.15) is 0 Å². The van der Waals surface area contributed by atoms with Crippen LogP contribution in [0.15, 0.2) is 12.2 Å². The van der Waals surface area contributed by atoms with Crippen molar-refractivity contribution in [3.05, 3.63) is 12.2 Å². The summed E-state index contributed by atoms with van der Waals surface area (Å²) < 4.78 is 0. The predicted octanol–water partition coefficient (Wildman–Crippen LogP) is 0.384. The fraction of sp³-hybridized carbons (Fsp3) is 0.700. The molecule has 0 unspecified atom stereocenters. The van der Waals surface area contributed by atoms with Gasteiger partial charge in [-0.15, -0.1) is 0 Å². The van der Waals surface area contributed by atoms with Gasteiger partial charge in [0.2, 0.25) is 5.91 Å². The summed E-state index contributed by atoms with van der Waals surface area (Å²) in [6, 6.07) is 0. The second kappa shape index (κ2) is 3.92. The van der Waals surface area contributed by atoms with Crippen LogP contribution < -0.4 is 5.32 Å². The molecular weight excluding hydrogens is 164 g/mol. The number of hydrogen-bond acceptors (Lipinski definition) is 2. The van der Waals surface area contributed by atoms with E-state index in [-0.39, 0.29) is 5.92 Å². The molecule has 1 saturated heterocycles. The number of nitrogens with one attached hydrogen (secondary N) is 1. The first-order valence-electron chi connectivity index (χ1n) is 5.02. The van der Waals surface area contributed by atoms with Gasteiger partial charge in [0.05, 0.1) is 0 Å². The molecule has 0 atom stereocenters. The number of piperidine rings is 1. The van der Waals surface area contributed by atoms with E-state index < -0.39 is 0 Å². The van der Waals surface area contributed by atoms with Crippen molar-refractivity contribution < 1.29 is 4.79 Å². The summed E-state index contributed by atoms with van der Waals surface area (Å²) in [5, 5.41) is 3.27. The average Bonchev–Trinajstić information content (AvgIpc) is 2.71. The Morgan fingerprint density at radius 2 is 1.85 bits per heavy atom. The van der Waals surface area contributed by atoms with Crippen molar-refractivity contribution in [2.45, 2.75) is 12.8 Å². The molecule has 3 nitrogen and oxygen atoms in total. The zero-order chi connectivity index (χ0) is 9.10. The molecule has 1 N–H and O–H groups in total. The van der Waals surface area contributed by atoms with Crippen molar-refractivity contribution in [1.82, 2.24) is 10.2 Å². The van der Waals surface area contributed by atoms with E-state index in [4.69, 9.17) is 0 Å². The molecule has 1 fully saturated rings. The predicted molar refractivity (Wildman–Crippen MR) is 51.3 cm³/mol. The first-order valence-corrected chi connectivity index (χ1v) is 5.02. The normalized spacial score (nSPS) is 23.8. The first kappa shape index (κ1) is 8.75. The van der Waals surface area contributed by atoms with E-state index in [1.54, 1.807) is 0 Å². The molecule has 0 bridgehead atoms. The highest BCUT2D eigenvalue weighted by Gasteiger charge is 2.25. The van der Waals surface area contributed by atoms with Gasteiger partial charge in [-0.25, -0.2) is 0 Å². The minimum atomic E-state index is 0.279. The fourth-order valence-corrected chi connectivity index (χ4v) is 1.99. The summed E-state index contributed by atoms with van der Waals surface area (Å²) in [5.74, 6) is 0.632. The van der Waals surface area contributed by atoms with E-state index in [0.29, 0.717) is 5.91 Å². The van der Waals surface area contributed by atoms with Crippen LogP contribution in [0.5, 0.6) is 0 Å². The Morgan fingerprint density at radius 3 is 2.46 bits per heavy atom. The summed E-state index contributed by atoms with van der Waals surface area (Å²) in [6.45, 7) is 3.64. The average molecular weight is 180 g/mol. The van der Waals surface area contributed by atoms with Gasteiger partial charge in [-0.05, 0) is 25.9 Å². The van der Waals surface area contributed by atoms with Crippen molar-refractivity contribution in [2.24, 2.45) is 5.92 Å². The Labute approximate surface area is 78.8 Å². The fourth-order valence-electron chi connectivity index (χ4n) is 1.99.